The van der Waals surface area contributed by atoms with Crippen LogP contribution in [0.3, 0.4) is 0 Å². The minimum Gasteiger partial charge on any atom is -0.493 e. The lowest BCUT2D eigenvalue weighted by atomic mass is 10.1. The number of fused-ring (bicyclic) bond motifs is 1. The van der Waals surface area contributed by atoms with E-state index in [0.717, 1.165) is 17.9 Å². The van der Waals surface area contributed by atoms with Gasteiger partial charge in [0, 0.05) is 30.9 Å². The summed E-state index contributed by atoms with van der Waals surface area (Å²) in [6.07, 6.45) is 5.38. The quantitative estimate of drug-likeness (QED) is 0.848. The molecule has 3 rings (SSSR count). The number of imidazole rings is 1. The predicted molar refractivity (Wildman–Crippen MR) is 75.8 cm³/mol. The lowest BCUT2D eigenvalue weighted by molar-refractivity contribution is 0.272. The highest BCUT2D eigenvalue weighted by atomic mass is 16.5. The second kappa shape index (κ2) is 4.85. The first-order valence-electron chi connectivity index (χ1n) is 6.94. The average Bonchev–Trinajstić information content (AvgIpc) is 3.04. The minimum absolute atomic E-state index is 0.548. The van der Waals surface area contributed by atoms with Crippen molar-refractivity contribution in [3.63, 3.8) is 0 Å². The summed E-state index contributed by atoms with van der Waals surface area (Å²) in [4.78, 5) is 7.29. The van der Waals surface area contributed by atoms with E-state index < -0.39 is 0 Å². The van der Waals surface area contributed by atoms with Crippen LogP contribution in [0, 0.1) is 0 Å². The molecule has 1 fully saturated rings. The summed E-state index contributed by atoms with van der Waals surface area (Å²) >= 11 is 0. The number of hydrogen-bond donors (Lipinski definition) is 0. The molecule has 1 aliphatic rings. The first kappa shape index (κ1) is 12.5. The molecular weight excluding hydrogens is 238 g/mol. The average molecular weight is 259 g/mol. The van der Waals surface area contributed by atoms with Gasteiger partial charge in [0.15, 0.2) is 11.4 Å². The molecule has 2 aromatic heterocycles. The molecule has 1 atom stereocenters. The maximum Gasteiger partial charge on any atom is 0.179 e. The Labute approximate surface area is 114 Å². The Balaban J connectivity index is 1.90. The highest BCUT2D eigenvalue weighted by Crippen LogP contribution is 2.29. The molecule has 2 aromatic rings. The van der Waals surface area contributed by atoms with Gasteiger partial charge in [0.1, 0.15) is 0 Å². The standard InChI is InChI=1S/C15H21N3O/c1-11(2)17-8-6-12(9-17)13-10-18-7-4-5-14(19-3)15(18)16-13/h4-5,7,10-12H,6,8-9H2,1-3H3. The van der Waals surface area contributed by atoms with E-state index in [2.05, 4.69) is 29.3 Å². The summed E-state index contributed by atoms with van der Waals surface area (Å²) in [7, 11) is 1.69. The fraction of sp³-hybridized carbons (Fsp3) is 0.533. The third kappa shape index (κ3) is 2.21. The van der Waals surface area contributed by atoms with Gasteiger partial charge in [-0.3, -0.25) is 0 Å². The van der Waals surface area contributed by atoms with Gasteiger partial charge < -0.3 is 14.0 Å². The number of methoxy groups -OCH3 is 1. The Bertz CT molecular complexity index is 576. The van der Waals surface area contributed by atoms with E-state index in [1.54, 1.807) is 7.11 Å². The highest BCUT2D eigenvalue weighted by molar-refractivity contribution is 5.54. The van der Waals surface area contributed by atoms with Crippen LogP contribution >= 0.6 is 0 Å². The fourth-order valence-corrected chi connectivity index (χ4v) is 2.86. The monoisotopic (exact) mass is 259 g/mol. The van der Waals surface area contributed by atoms with E-state index in [4.69, 9.17) is 9.72 Å². The normalized spacial score (nSPS) is 20.5. The van der Waals surface area contributed by atoms with Gasteiger partial charge >= 0.3 is 0 Å². The smallest absolute Gasteiger partial charge is 0.179 e. The van der Waals surface area contributed by atoms with Crippen molar-refractivity contribution in [2.24, 2.45) is 0 Å². The third-order valence-corrected chi connectivity index (χ3v) is 4.05. The van der Waals surface area contributed by atoms with E-state index >= 15 is 0 Å². The van der Waals surface area contributed by atoms with Crippen molar-refractivity contribution in [3.8, 4) is 5.75 Å². The fourth-order valence-electron chi connectivity index (χ4n) is 2.86. The molecule has 1 aliphatic heterocycles. The highest BCUT2D eigenvalue weighted by Gasteiger charge is 2.27. The maximum absolute atomic E-state index is 5.37. The molecular formula is C15H21N3O. The first-order chi connectivity index (χ1) is 9.19. The van der Waals surface area contributed by atoms with Crippen LogP contribution in [0.5, 0.6) is 5.75 Å². The number of ether oxygens (including phenoxy) is 1. The summed E-state index contributed by atoms with van der Waals surface area (Å²) in [6, 6.07) is 4.57. The molecule has 4 heteroatoms. The van der Waals surface area contributed by atoms with Crippen LogP contribution in [0.15, 0.2) is 24.5 Å². The largest absolute Gasteiger partial charge is 0.493 e. The molecule has 0 N–H and O–H groups in total. The number of pyridine rings is 1. The molecule has 1 unspecified atom stereocenters. The van der Waals surface area contributed by atoms with E-state index in [0.29, 0.717) is 12.0 Å². The van der Waals surface area contributed by atoms with E-state index in [1.165, 1.54) is 18.7 Å². The Morgan fingerprint density at radius 2 is 2.26 bits per heavy atom. The van der Waals surface area contributed by atoms with Crippen LogP contribution in [0.1, 0.15) is 31.9 Å². The molecule has 0 bridgehead atoms. The summed E-state index contributed by atoms with van der Waals surface area (Å²) in [5.74, 6) is 1.39. The molecule has 0 saturated carbocycles. The van der Waals surface area contributed by atoms with Gasteiger partial charge in [-0.1, -0.05) is 0 Å². The Hall–Kier alpha value is -1.55. The molecule has 0 aliphatic carbocycles. The van der Waals surface area contributed by atoms with Crippen molar-refractivity contribution in [1.82, 2.24) is 14.3 Å². The van der Waals surface area contributed by atoms with Crippen molar-refractivity contribution < 1.29 is 4.74 Å². The van der Waals surface area contributed by atoms with Crippen molar-refractivity contribution in [3.05, 3.63) is 30.2 Å². The van der Waals surface area contributed by atoms with Gasteiger partial charge in [-0.25, -0.2) is 4.98 Å². The molecule has 0 radical (unpaired) electrons. The van der Waals surface area contributed by atoms with Crippen LogP contribution in [0.2, 0.25) is 0 Å². The summed E-state index contributed by atoms with van der Waals surface area (Å²) in [6.45, 7) is 6.81. The van der Waals surface area contributed by atoms with Crippen LogP contribution in [0.25, 0.3) is 5.65 Å². The Kier molecular flexibility index (Phi) is 3.19. The van der Waals surface area contributed by atoms with Gasteiger partial charge in [-0.15, -0.1) is 0 Å². The van der Waals surface area contributed by atoms with Crippen LogP contribution in [0.4, 0.5) is 0 Å². The van der Waals surface area contributed by atoms with E-state index in [9.17, 15) is 0 Å². The zero-order valence-electron chi connectivity index (χ0n) is 11.8. The van der Waals surface area contributed by atoms with Gasteiger partial charge in [0.05, 0.1) is 12.8 Å². The molecule has 3 heterocycles. The van der Waals surface area contributed by atoms with Crippen LogP contribution in [-0.2, 0) is 0 Å². The summed E-state index contributed by atoms with van der Waals surface area (Å²) < 4.78 is 7.43. The van der Waals surface area contributed by atoms with Gasteiger partial charge in [0.25, 0.3) is 0 Å². The lowest BCUT2D eigenvalue weighted by Crippen LogP contribution is -2.27. The maximum atomic E-state index is 5.37. The lowest BCUT2D eigenvalue weighted by Gasteiger charge is -2.19. The summed E-state index contributed by atoms with van der Waals surface area (Å²) in [5.41, 5.74) is 2.11. The molecule has 1 saturated heterocycles. The Morgan fingerprint density at radius 3 is 2.95 bits per heavy atom. The molecule has 19 heavy (non-hydrogen) atoms. The topological polar surface area (TPSA) is 29.8 Å². The molecule has 0 amide bonds. The van der Waals surface area contributed by atoms with Crippen molar-refractivity contribution >= 4 is 5.65 Å². The number of hydrogen-bond acceptors (Lipinski definition) is 3. The SMILES string of the molecule is COc1cccn2cc(C3CCN(C(C)C)C3)nc12. The van der Waals surface area contributed by atoms with Gasteiger partial charge in [0.2, 0.25) is 0 Å². The van der Waals surface area contributed by atoms with Crippen LogP contribution in [-0.4, -0.2) is 40.5 Å². The Morgan fingerprint density at radius 1 is 1.42 bits per heavy atom. The van der Waals surface area contributed by atoms with Crippen molar-refractivity contribution in [1.29, 1.82) is 0 Å². The van der Waals surface area contributed by atoms with E-state index in [1.807, 2.05) is 18.3 Å². The van der Waals surface area contributed by atoms with Crippen molar-refractivity contribution in [2.45, 2.75) is 32.2 Å². The second-order valence-electron chi connectivity index (χ2n) is 5.55. The second-order valence-corrected chi connectivity index (χ2v) is 5.55. The summed E-state index contributed by atoms with van der Waals surface area (Å²) in [5, 5.41) is 0. The third-order valence-electron chi connectivity index (χ3n) is 4.05. The first-order valence-corrected chi connectivity index (χ1v) is 6.94. The molecule has 102 valence electrons. The number of rotatable bonds is 3. The number of nitrogens with zero attached hydrogens (tertiary/aromatic N) is 3. The predicted octanol–water partition coefficient (Wildman–Crippen LogP) is 2.54. The zero-order chi connectivity index (χ0) is 13.4. The molecule has 4 nitrogen and oxygen atoms in total. The van der Waals surface area contributed by atoms with Crippen molar-refractivity contribution in [2.75, 3.05) is 20.2 Å². The molecule has 0 spiro atoms. The van der Waals surface area contributed by atoms with Gasteiger partial charge in [-0.05, 0) is 38.9 Å². The minimum atomic E-state index is 0.548. The molecule has 0 aromatic carbocycles. The van der Waals surface area contributed by atoms with Gasteiger partial charge in [-0.2, -0.15) is 0 Å². The zero-order valence-corrected chi connectivity index (χ0v) is 11.8. The van der Waals surface area contributed by atoms with Crippen LogP contribution < -0.4 is 4.74 Å². The van der Waals surface area contributed by atoms with E-state index in [-0.39, 0.29) is 0 Å². The number of aromatic nitrogens is 2. The number of likely N-dealkylation sites (tertiary alicyclic amines) is 1.